The summed E-state index contributed by atoms with van der Waals surface area (Å²) in [5, 5.41) is 13.2. The van der Waals surface area contributed by atoms with Gasteiger partial charge < -0.3 is 5.11 Å². The summed E-state index contributed by atoms with van der Waals surface area (Å²) in [6.45, 7) is 0.640. The Labute approximate surface area is 76.3 Å². The molecule has 2 aromatic rings. The van der Waals surface area contributed by atoms with Crippen molar-refractivity contribution in [3.63, 3.8) is 0 Å². The van der Waals surface area contributed by atoms with Gasteiger partial charge in [-0.1, -0.05) is 12.1 Å². The van der Waals surface area contributed by atoms with E-state index in [2.05, 4.69) is 11.3 Å². The van der Waals surface area contributed by atoms with E-state index < -0.39 is 0 Å². The van der Waals surface area contributed by atoms with Gasteiger partial charge in [-0.25, -0.2) is 0 Å². The fraction of sp³-hybridized carbons (Fsp3) is 0.100. The maximum Gasteiger partial charge on any atom is 0.115 e. The van der Waals surface area contributed by atoms with Crippen LogP contribution in [0.25, 0.3) is 0 Å². The lowest BCUT2D eigenvalue weighted by Crippen LogP contribution is -1.99. The number of phenolic OH excluding ortho intramolecular Hbond substituents is 1. The molecule has 0 atom stereocenters. The lowest BCUT2D eigenvalue weighted by atomic mass is 10.2. The molecule has 0 fully saturated rings. The number of hydrogen-bond acceptors (Lipinski definition) is 2. The second-order valence-corrected chi connectivity index (χ2v) is 2.79. The maximum atomic E-state index is 9.20. The van der Waals surface area contributed by atoms with Crippen molar-refractivity contribution < 1.29 is 5.11 Å². The Morgan fingerprint density at radius 2 is 2.38 bits per heavy atom. The number of benzene rings is 1. The molecule has 1 aromatic heterocycles. The van der Waals surface area contributed by atoms with Crippen LogP contribution in [0.1, 0.15) is 5.56 Å². The third-order valence-electron chi connectivity index (χ3n) is 1.75. The van der Waals surface area contributed by atoms with Crippen LogP contribution in [0.15, 0.2) is 36.5 Å². The highest BCUT2D eigenvalue weighted by atomic mass is 16.3. The molecule has 0 spiro atoms. The minimum absolute atomic E-state index is 0.282. The summed E-state index contributed by atoms with van der Waals surface area (Å²) < 4.78 is 1.69. The van der Waals surface area contributed by atoms with E-state index in [1.807, 2.05) is 12.1 Å². The van der Waals surface area contributed by atoms with Crippen LogP contribution in [-0.4, -0.2) is 14.9 Å². The average molecular weight is 173 g/mol. The Balaban J connectivity index is 2.19. The monoisotopic (exact) mass is 173 g/mol. The standard InChI is InChI=1S/C10H9N2O/c13-10-4-1-3-9(7-10)8-12-6-2-5-11-12/h1-5,7,13H,8H2. The number of rotatable bonds is 2. The van der Waals surface area contributed by atoms with Crippen LogP contribution in [0.2, 0.25) is 0 Å². The zero-order valence-electron chi connectivity index (χ0n) is 7.01. The van der Waals surface area contributed by atoms with Crippen molar-refractivity contribution in [2.24, 2.45) is 0 Å². The predicted molar refractivity (Wildman–Crippen MR) is 48.3 cm³/mol. The third-order valence-corrected chi connectivity index (χ3v) is 1.75. The lowest BCUT2D eigenvalue weighted by Gasteiger charge is -2.01. The van der Waals surface area contributed by atoms with E-state index >= 15 is 0 Å². The van der Waals surface area contributed by atoms with Crippen LogP contribution in [-0.2, 0) is 6.54 Å². The summed E-state index contributed by atoms with van der Waals surface area (Å²) in [5.74, 6) is 0.282. The Bertz CT molecular complexity index is 382. The largest absolute Gasteiger partial charge is 0.508 e. The van der Waals surface area contributed by atoms with Crippen molar-refractivity contribution in [3.05, 3.63) is 48.3 Å². The minimum atomic E-state index is 0.282. The highest BCUT2D eigenvalue weighted by molar-refractivity contribution is 5.27. The van der Waals surface area contributed by atoms with E-state index in [0.717, 1.165) is 5.56 Å². The first kappa shape index (κ1) is 7.86. The van der Waals surface area contributed by atoms with Crippen LogP contribution in [0.5, 0.6) is 5.75 Å². The molecular formula is C10H9N2O. The summed E-state index contributed by atoms with van der Waals surface area (Å²) in [6.07, 6.45) is 4.61. The van der Waals surface area contributed by atoms with Gasteiger partial charge in [0.05, 0.1) is 12.7 Å². The van der Waals surface area contributed by atoms with Crippen molar-refractivity contribution in [2.45, 2.75) is 6.54 Å². The third kappa shape index (κ3) is 1.87. The Morgan fingerprint density at radius 1 is 1.46 bits per heavy atom. The molecule has 65 valence electrons. The molecule has 0 saturated heterocycles. The Kier molecular flexibility index (Phi) is 2.00. The van der Waals surface area contributed by atoms with E-state index in [1.54, 1.807) is 29.1 Å². The van der Waals surface area contributed by atoms with E-state index in [9.17, 15) is 5.11 Å². The minimum Gasteiger partial charge on any atom is -0.508 e. The van der Waals surface area contributed by atoms with Crippen LogP contribution in [0, 0.1) is 6.20 Å². The molecule has 0 aliphatic heterocycles. The molecule has 0 aliphatic rings. The van der Waals surface area contributed by atoms with E-state index in [1.165, 1.54) is 0 Å². The van der Waals surface area contributed by atoms with Gasteiger partial charge in [0.25, 0.3) is 0 Å². The second kappa shape index (κ2) is 3.31. The topological polar surface area (TPSA) is 38.0 Å². The molecule has 13 heavy (non-hydrogen) atoms. The van der Waals surface area contributed by atoms with Gasteiger partial charge in [-0.3, -0.25) is 4.68 Å². The number of nitrogens with zero attached hydrogens (tertiary/aromatic N) is 2. The summed E-state index contributed by atoms with van der Waals surface area (Å²) in [5.41, 5.74) is 1.01. The van der Waals surface area contributed by atoms with Crippen molar-refractivity contribution in [1.82, 2.24) is 9.78 Å². The molecule has 0 amide bonds. The molecule has 0 aliphatic carbocycles. The molecule has 0 unspecified atom stereocenters. The van der Waals surface area contributed by atoms with Gasteiger partial charge in [0.1, 0.15) is 5.75 Å². The van der Waals surface area contributed by atoms with Crippen LogP contribution >= 0.6 is 0 Å². The number of hydrogen-bond donors (Lipinski definition) is 1. The highest BCUT2D eigenvalue weighted by Crippen LogP contribution is 2.11. The first-order valence-corrected chi connectivity index (χ1v) is 4.02. The SMILES string of the molecule is Oc1cccc(Cn2[c]ccn2)c1. The highest BCUT2D eigenvalue weighted by Gasteiger charge is 1.95. The molecule has 1 aromatic carbocycles. The van der Waals surface area contributed by atoms with Crippen molar-refractivity contribution in [1.29, 1.82) is 0 Å². The fourth-order valence-electron chi connectivity index (χ4n) is 1.18. The molecule has 0 saturated carbocycles. The predicted octanol–water partition coefficient (Wildman–Crippen LogP) is 1.44. The van der Waals surface area contributed by atoms with Crippen molar-refractivity contribution >= 4 is 0 Å². The maximum absolute atomic E-state index is 9.20. The van der Waals surface area contributed by atoms with Crippen molar-refractivity contribution in [3.8, 4) is 5.75 Å². The molecule has 1 radical (unpaired) electrons. The first-order valence-electron chi connectivity index (χ1n) is 4.02. The smallest absolute Gasteiger partial charge is 0.115 e. The molecule has 1 N–H and O–H groups in total. The first-order chi connectivity index (χ1) is 6.34. The van der Waals surface area contributed by atoms with E-state index in [4.69, 9.17) is 0 Å². The van der Waals surface area contributed by atoms with Gasteiger partial charge in [0.15, 0.2) is 0 Å². The number of phenols is 1. The van der Waals surface area contributed by atoms with Crippen molar-refractivity contribution in [2.75, 3.05) is 0 Å². The normalized spacial score (nSPS) is 10.2. The summed E-state index contributed by atoms with van der Waals surface area (Å²) in [4.78, 5) is 0. The summed E-state index contributed by atoms with van der Waals surface area (Å²) >= 11 is 0. The quantitative estimate of drug-likeness (QED) is 0.746. The number of aromatic nitrogens is 2. The zero-order chi connectivity index (χ0) is 9.10. The van der Waals surface area contributed by atoms with Gasteiger partial charge in [0.2, 0.25) is 0 Å². The molecule has 3 heteroatoms. The number of aromatic hydroxyl groups is 1. The molecule has 3 nitrogen and oxygen atoms in total. The second-order valence-electron chi connectivity index (χ2n) is 2.79. The van der Waals surface area contributed by atoms with Gasteiger partial charge in [-0.2, -0.15) is 5.10 Å². The van der Waals surface area contributed by atoms with Gasteiger partial charge in [-0.15, -0.1) is 0 Å². The van der Waals surface area contributed by atoms with Gasteiger partial charge in [-0.05, 0) is 23.8 Å². The van der Waals surface area contributed by atoms with E-state index in [0.29, 0.717) is 6.54 Å². The Morgan fingerprint density at radius 3 is 3.08 bits per heavy atom. The van der Waals surface area contributed by atoms with Gasteiger partial charge >= 0.3 is 0 Å². The molecule has 2 rings (SSSR count). The van der Waals surface area contributed by atoms with E-state index in [-0.39, 0.29) is 5.75 Å². The van der Waals surface area contributed by atoms with Crippen LogP contribution < -0.4 is 0 Å². The molecular weight excluding hydrogens is 164 g/mol. The fourth-order valence-corrected chi connectivity index (χ4v) is 1.18. The molecule has 1 heterocycles. The van der Waals surface area contributed by atoms with Crippen LogP contribution in [0.4, 0.5) is 0 Å². The van der Waals surface area contributed by atoms with Gasteiger partial charge in [0, 0.05) is 6.20 Å². The lowest BCUT2D eigenvalue weighted by molar-refractivity contribution is 0.474. The Hall–Kier alpha value is -1.77. The zero-order valence-corrected chi connectivity index (χ0v) is 7.01. The summed E-state index contributed by atoms with van der Waals surface area (Å²) in [6, 6.07) is 8.87. The molecule has 0 bridgehead atoms. The average Bonchev–Trinajstić information content (AvgIpc) is 2.57. The summed E-state index contributed by atoms with van der Waals surface area (Å²) in [7, 11) is 0. The van der Waals surface area contributed by atoms with Crippen LogP contribution in [0.3, 0.4) is 0 Å².